The van der Waals surface area contributed by atoms with E-state index in [1.165, 1.54) is 6.07 Å². The molecule has 5 heteroatoms. The van der Waals surface area contributed by atoms with E-state index in [1.807, 2.05) is 12.1 Å². The van der Waals surface area contributed by atoms with Gasteiger partial charge >= 0.3 is 5.97 Å². The molecule has 2 aromatic carbocycles. The molecule has 2 aromatic rings. The maximum absolute atomic E-state index is 13.9. The van der Waals surface area contributed by atoms with Gasteiger partial charge in [-0.2, -0.15) is 0 Å². The van der Waals surface area contributed by atoms with Gasteiger partial charge in [-0.05, 0) is 72.3 Å². The third-order valence-electron chi connectivity index (χ3n) is 6.65. The van der Waals surface area contributed by atoms with Crippen LogP contribution >= 0.6 is 0 Å². The van der Waals surface area contributed by atoms with Crippen molar-refractivity contribution in [1.29, 1.82) is 0 Å². The Morgan fingerprint density at radius 3 is 2.65 bits per heavy atom. The highest BCUT2D eigenvalue weighted by molar-refractivity contribution is 5.95. The first-order valence-corrected chi connectivity index (χ1v) is 9.12. The average Bonchev–Trinajstić information content (AvgIpc) is 3.25. The van der Waals surface area contributed by atoms with Crippen molar-refractivity contribution in [2.24, 2.45) is 17.8 Å². The third-order valence-corrected chi connectivity index (χ3v) is 6.65. The summed E-state index contributed by atoms with van der Waals surface area (Å²) in [7, 11) is 0. The summed E-state index contributed by atoms with van der Waals surface area (Å²) in [5.41, 5.74) is 2.65. The number of rotatable bonds is 2. The second-order valence-electron chi connectivity index (χ2n) is 7.81. The zero-order valence-electron chi connectivity index (χ0n) is 14.1. The molecule has 5 atom stereocenters. The maximum Gasteiger partial charge on any atom is 0.337 e. The van der Waals surface area contributed by atoms with Crippen LogP contribution in [0.4, 0.5) is 14.5 Å². The minimum absolute atomic E-state index is 0.196. The van der Waals surface area contributed by atoms with Gasteiger partial charge in [-0.25, -0.2) is 13.6 Å². The third kappa shape index (κ3) is 2.12. The lowest BCUT2D eigenvalue weighted by Gasteiger charge is -2.44. The van der Waals surface area contributed by atoms with Crippen molar-refractivity contribution in [2.75, 3.05) is 5.32 Å². The van der Waals surface area contributed by atoms with Crippen LogP contribution < -0.4 is 5.32 Å². The van der Waals surface area contributed by atoms with E-state index in [0.717, 1.165) is 30.9 Å². The zero-order valence-corrected chi connectivity index (χ0v) is 14.1. The largest absolute Gasteiger partial charge is 0.478 e. The lowest BCUT2D eigenvalue weighted by atomic mass is 9.67. The van der Waals surface area contributed by atoms with E-state index in [-0.39, 0.29) is 23.4 Å². The molecule has 0 unspecified atom stereocenters. The molecule has 2 fully saturated rings. The number of benzene rings is 2. The summed E-state index contributed by atoms with van der Waals surface area (Å²) < 4.78 is 27.3. The first-order valence-electron chi connectivity index (χ1n) is 9.12. The highest BCUT2D eigenvalue weighted by Gasteiger charge is 2.54. The Morgan fingerprint density at radius 1 is 1.08 bits per heavy atom. The number of nitrogens with one attached hydrogen (secondary N) is 1. The van der Waals surface area contributed by atoms with Crippen LogP contribution in [0.2, 0.25) is 0 Å². The van der Waals surface area contributed by atoms with Crippen LogP contribution in [-0.4, -0.2) is 11.1 Å². The van der Waals surface area contributed by atoms with Crippen molar-refractivity contribution >= 4 is 11.7 Å². The number of hydrogen-bond donors (Lipinski definition) is 2. The molecule has 2 N–H and O–H groups in total. The fourth-order valence-corrected chi connectivity index (χ4v) is 5.73. The maximum atomic E-state index is 13.9. The molecule has 26 heavy (non-hydrogen) atoms. The predicted molar refractivity (Wildman–Crippen MR) is 93.2 cm³/mol. The van der Waals surface area contributed by atoms with Crippen LogP contribution in [0.3, 0.4) is 0 Å². The number of hydrogen-bond acceptors (Lipinski definition) is 2. The van der Waals surface area contributed by atoms with Crippen molar-refractivity contribution in [3.05, 3.63) is 64.7 Å². The molecule has 134 valence electrons. The van der Waals surface area contributed by atoms with Gasteiger partial charge in [-0.1, -0.05) is 18.2 Å². The normalized spacial score (nSPS) is 31.2. The highest BCUT2D eigenvalue weighted by Crippen LogP contribution is 2.64. The topological polar surface area (TPSA) is 49.3 Å². The van der Waals surface area contributed by atoms with Gasteiger partial charge in [-0.3, -0.25) is 0 Å². The van der Waals surface area contributed by atoms with E-state index >= 15 is 0 Å². The van der Waals surface area contributed by atoms with E-state index in [2.05, 4.69) is 5.32 Å². The molecule has 0 saturated heterocycles. The predicted octanol–water partition coefficient (Wildman–Crippen LogP) is 4.96. The highest BCUT2D eigenvalue weighted by atomic mass is 19.2. The summed E-state index contributed by atoms with van der Waals surface area (Å²) in [5, 5.41) is 13.0. The summed E-state index contributed by atoms with van der Waals surface area (Å²) in [6.45, 7) is 0. The van der Waals surface area contributed by atoms with Crippen LogP contribution in [0.5, 0.6) is 0 Å². The Hall–Kier alpha value is -2.43. The lowest BCUT2D eigenvalue weighted by Crippen LogP contribution is -2.36. The Morgan fingerprint density at radius 2 is 1.88 bits per heavy atom. The van der Waals surface area contributed by atoms with Crippen molar-refractivity contribution in [2.45, 2.75) is 31.2 Å². The minimum atomic E-state index is -0.972. The molecule has 3 aliphatic rings. The standard InChI is InChI=1S/C21H19F2NO2/c22-15-7-6-12(9-16(15)23)19-18-11-5-4-10(8-11)17(18)13-2-1-3-14(21(25)26)20(13)24-19/h1-3,6-7,9-11,17-19,24H,4-5,8H2,(H,25,26)/t10-,11-,17+,18-,19+/m0/s1. The number of carbonyl (C=O) groups is 1. The molecule has 2 saturated carbocycles. The molecule has 0 aromatic heterocycles. The van der Waals surface area contributed by atoms with E-state index < -0.39 is 17.6 Å². The lowest BCUT2D eigenvalue weighted by molar-refractivity contribution is 0.0697. The second kappa shape index (κ2) is 5.53. The Bertz CT molecular complexity index is 913. The molecule has 2 bridgehead atoms. The Labute approximate surface area is 150 Å². The summed E-state index contributed by atoms with van der Waals surface area (Å²) in [6.07, 6.45) is 3.45. The number of aromatic carboxylic acids is 1. The van der Waals surface area contributed by atoms with Crippen molar-refractivity contribution in [3.8, 4) is 0 Å². The fraction of sp³-hybridized carbons (Fsp3) is 0.381. The molecule has 0 amide bonds. The number of halogens is 2. The summed E-state index contributed by atoms with van der Waals surface area (Å²) in [4.78, 5) is 11.7. The van der Waals surface area contributed by atoms with Crippen LogP contribution in [-0.2, 0) is 0 Å². The first-order chi connectivity index (χ1) is 12.5. The molecule has 1 aliphatic heterocycles. The van der Waals surface area contributed by atoms with Crippen molar-refractivity contribution in [1.82, 2.24) is 0 Å². The van der Waals surface area contributed by atoms with Gasteiger partial charge in [0.25, 0.3) is 0 Å². The van der Waals surface area contributed by atoms with E-state index in [0.29, 0.717) is 23.1 Å². The molecule has 2 aliphatic carbocycles. The Kier molecular flexibility index (Phi) is 3.36. The molecular formula is C21H19F2NO2. The zero-order chi connectivity index (χ0) is 18.0. The molecule has 0 spiro atoms. The molecular weight excluding hydrogens is 336 g/mol. The molecule has 0 radical (unpaired) electrons. The van der Waals surface area contributed by atoms with Crippen LogP contribution in [0, 0.1) is 29.4 Å². The summed E-state index contributed by atoms with van der Waals surface area (Å²) in [6, 6.07) is 9.27. The fourth-order valence-electron chi connectivity index (χ4n) is 5.73. The number of carboxylic acids is 1. The summed E-state index contributed by atoms with van der Waals surface area (Å²) >= 11 is 0. The quantitative estimate of drug-likeness (QED) is 0.800. The van der Waals surface area contributed by atoms with Crippen LogP contribution in [0.25, 0.3) is 0 Å². The van der Waals surface area contributed by atoms with E-state index in [9.17, 15) is 18.7 Å². The van der Waals surface area contributed by atoms with Gasteiger partial charge in [-0.15, -0.1) is 0 Å². The van der Waals surface area contributed by atoms with Gasteiger partial charge in [0.2, 0.25) is 0 Å². The number of carboxylic acid groups (broad SMARTS) is 1. The van der Waals surface area contributed by atoms with Gasteiger partial charge in [0, 0.05) is 0 Å². The van der Waals surface area contributed by atoms with Crippen molar-refractivity contribution < 1.29 is 18.7 Å². The second-order valence-corrected chi connectivity index (χ2v) is 7.81. The number of anilines is 1. The van der Waals surface area contributed by atoms with Gasteiger partial charge in [0.1, 0.15) is 0 Å². The smallest absolute Gasteiger partial charge is 0.337 e. The average molecular weight is 355 g/mol. The van der Waals surface area contributed by atoms with E-state index in [1.54, 1.807) is 12.1 Å². The van der Waals surface area contributed by atoms with Crippen LogP contribution in [0.15, 0.2) is 36.4 Å². The molecule has 3 nitrogen and oxygen atoms in total. The molecule has 5 rings (SSSR count). The van der Waals surface area contributed by atoms with Gasteiger partial charge in [0.05, 0.1) is 17.3 Å². The summed E-state index contributed by atoms with van der Waals surface area (Å²) in [5.74, 6) is -1.04. The minimum Gasteiger partial charge on any atom is -0.478 e. The monoisotopic (exact) mass is 355 g/mol. The van der Waals surface area contributed by atoms with Crippen molar-refractivity contribution in [3.63, 3.8) is 0 Å². The molecule has 1 heterocycles. The number of para-hydroxylation sites is 1. The number of fused-ring (bicyclic) bond motifs is 7. The SMILES string of the molecule is O=C(O)c1cccc2c1N[C@H](c1ccc(F)c(F)c1)[C@H]1[C@H]3CC[C@@H](C3)[C@H]21. The van der Waals surface area contributed by atoms with E-state index in [4.69, 9.17) is 0 Å². The Balaban J connectivity index is 1.67. The first kappa shape index (κ1) is 15.8. The van der Waals surface area contributed by atoms with Gasteiger partial charge in [0.15, 0.2) is 11.6 Å². The van der Waals surface area contributed by atoms with Gasteiger partial charge < -0.3 is 10.4 Å². The van der Waals surface area contributed by atoms with Crippen LogP contribution in [0.1, 0.15) is 52.7 Å².